The maximum Gasteiger partial charge on any atom is 0.307 e. The Hall–Kier alpha value is -0.940. The van der Waals surface area contributed by atoms with Crippen molar-refractivity contribution in [3.05, 3.63) is 15.6 Å². The predicted octanol–water partition coefficient (Wildman–Crippen LogP) is 1.80. The van der Waals surface area contributed by atoms with Crippen molar-refractivity contribution in [2.24, 2.45) is 0 Å². The van der Waals surface area contributed by atoms with Crippen LogP contribution in [0.2, 0.25) is 0 Å². The van der Waals surface area contributed by atoms with Gasteiger partial charge in [-0.25, -0.2) is 4.98 Å². The summed E-state index contributed by atoms with van der Waals surface area (Å²) in [4.78, 5) is 16.6. The number of aryl methyl sites for hydroxylation is 2. The van der Waals surface area contributed by atoms with Gasteiger partial charge in [-0.15, -0.1) is 11.3 Å². The zero-order valence-electron chi connectivity index (χ0n) is 10.0. The Kier molecular flexibility index (Phi) is 5.42. The second-order valence-electron chi connectivity index (χ2n) is 3.47. The average Bonchev–Trinajstić information content (AvgIpc) is 2.53. The van der Waals surface area contributed by atoms with E-state index in [0.29, 0.717) is 19.6 Å². The smallest absolute Gasteiger partial charge is 0.307 e. The third-order valence-electron chi connectivity index (χ3n) is 2.10. The molecule has 0 bridgehead atoms. The lowest BCUT2D eigenvalue weighted by atomic mass is 10.3. The molecule has 0 aliphatic rings. The van der Waals surface area contributed by atoms with Gasteiger partial charge in [0.2, 0.25) is 0 Å². The van der Waals surface area contributed by atoms with Gasteiger partial charge in [-0.3, -0.25) is 4.79 Å². The molecule has 0 atom stereocenters. The van der Waals surface area contributed by atoms with Gasteiger partial charge in [-0.05, 0) is 20.8 Å². The molecule has 0 amide bonds. The van der Waals surface area contributed by atoms with Crippen molar-refractivity contribution in [3.8, 4) is 0 Å². The van der Waals surface area contributed by atoms with Gasteiger partial charge in [0.05, 0.1) is 23.7 Å². The minimum Gasteiger partial charge on any atom is -0.466 e. The van der Waals surface area contributed by atoms with Gasteiger partial charge in [0.25, 0.3) is 0 Å². The van der Waals surface area contributed by atoms with Gasteiger partial charge in [-0.2, -0.15) is 0 Å². The lowest BCUT2D eigenvalue weighted by molar-refractivity contribution is -0.142. The number of nitrogens with one attached hydrogen (secondary N) is 1. The first-order valence-electron chi connectivity index (χ1n) is 5.42. The largest absolute Gasteiger partial charge is 0.466 e. The summed E-state index contributed by atoms with van der Waals surface area (Å²) in [6.45, 7) is 7.69. The zero-order valence-corrected chi connectivity index (χ0v) is 10.8. The highest BCUT2D eigenvalue weighted by atomic mass is 32.1. The molecule has 16 heavy (non-hydrogen) atoms. The van der Waals surface area contributed by atoms with Crippen LogP contribution in [-0.4, -0.2) is 24.1 Å². The van der Waals surface area contributed by atoms with Crippen molar-refractivity contribution in [2.45, 2.75) is 33.7 Å². The quantitative estimate of drug-likeness (QED) is 0.610. The molecule has 1 rings (SSSR count). The van der Waals surface area contributed by atoms with E-state index in [9.17, 15) is 4.79 Å². The molecule has 0 saturated carbocycles. The number of aromatic nitrogens is 1. The number of esters is 1. The molecule has 1 aromatic rings. The molecule has 0 aliphatic carbocycles. The summed E-state index contributed by atoms with van der Waals surface area (Å²) in [5.74, 6) is -0.146. The number of nitrogens with zero attached hydrogens (tertiary/aromatic N) is 1. The molecule has 0 aromatic carbocycles. The van der Waals surface area contributed by atoms with E-state index >= 15 is 0 Å². The summed E-state index contributed by atoms with van der Waals surface area (Å²) in [6, 6.07) is 0. The molecule has 1 N–H and O–H groups in total. The van der Waals surface area contributed by atoms with E-state index in [4.69, 9.17) is 4.74 Å². The Morgan fingerprint density at radius 2 is 2.25 bits per heavy atom. The van der Waals surface area contributed by atoms with Crippen LogP contribution in [0.25, 0.3) is 0 Å². The van der Waals surface area contributed by atoms with E-state index in [0.717, 1.165) is 17.2 Å². The molecule has 0 aliphatic heterocycles. The van der Waals surface area contributed by atoms with Crippen LogP contribution in [-0.2, 0) is 16.1 Å². The van der Waals surface area contributed by atoms with Crippen LogP contribution in [0.1, 0.15) is 28.9 Å². The van der Waals surface area contributed by atoms with Crippen molar-refractivity contribution in [3.63, 3.8) is 0 Å². The van der Waals surface area contributed by atoms with Crippen LogP contribution in [0, 0.1) is 13.8 Å². The summed E-state index contributed by atoms with van der Waals surface area (Å²) in [5, 5.41) is 4.30. The lowest BCUT2D eigenvalue weighted by Gasteiger charge is -2.03. The molecule has 1 heterocycles. The molecule has 90 valence electrons. The van der Waals surface area contributed by atoms with Crippen LogP contribution in [0.4, 0.5) is 0 Å². The maximum atomic E-state index is 11.1. The first-order valence-corrected chi connectivity index (χ1v) is 6.24. The number of ether oxygens (including phenoxy) is 1. The lowest BCUT2D eigenvalue weighted by Crippen LogP contribution is -2.18. The SMILES string of the molecule is CCOC(=O)CCNCc1sc(C)nc1C. The van der Waals surface area contributed by atoms with Crippen LogP contribution >= 0.6 is 11.3 Å². The Morgan fingerprint density at radius 1 is 1.50 bits per heavy atom. The summed E-state index contributed by atoms with van der Waals surface area (Å²) in [5.41, 5.74) is 1.08. The maximum absolute atomic E-state index is 11.1. The molecule has 1 aromatic heterocycles. The number of rotatable bonds is 6. The highest BCUT2D eigenvalue weighted by Gasteiger charge is 2.05. The molecular weight excluding hydrogens is 224 g/mol. The highest BCUT2D eigenvalue weighted by Crippen LogP contribution is 2.16. The van der Waals surface area contributed by atoms with Crippen molar-refractivity contribution < 1.29 is 9.53 Å². The van der Waals surface area contributed by atoms with Gasteiger partial charge in [0.1, 0.15) is 0 Å². The number of carbonyl (C=O) groups excluding carboxylic acids is 1. The molecule has 0 spiro atoms. The Labute approximate surface area is 100 Å². The summed E-state index contributed by atoms with van der Waals surface area (Å²) in [6.07, 6.45) is 0.421. The van der Waals surface area contributed by atoms with Crippen molar-refractivity contribution in [1.29, 1.82) is 0 Å². The van der Waals surface area contributed by atoms with Crippen LogP contribution in [0.15, 0.2) is 0 Å². The topological polar surface area (TPSA) is 51.2 Å². The molecule has 0 radical (unpaired) electrons. The van der Waals surface area contributed by atoms with Gasteiger partial charge < -0.3 is 10.1 Å². The molecule has 0 saturated heterocycles. The van der Waals surface area contributed by atoms with E-state index in [2.05, 4.69) is 10.3 Å². The van der Waals surface area contributed by atoms with Gasteiger partial charge in [0.15, 0.2) is 0 Å². The predicted molar refractivity (Wildman–Crippen MR) is 64.5 cm³/mol. The zero-order chi connectivity index (χ0) is 12.0. The fourth-order valence-electron chi connectivity index (χ4n) is 1.36. The van der Waals surface area contributed by atoms with Gasteiger partial charge >= 0.3 is 5.97 Å². The molecular formula is C11H18N2O2S. The fraction of sp³-hybridized carbons (Fsp3) is 0.636. The Balaban J connectivity index is 2.21. The molecule has 4 nitrogen and oxygen atoms in total. The van der Waals surface area contributed by atoms with Crippen molar-refractivity contribution in [2.75, 3.05) is 13.2 Å². The standard InChI is InChI=1S/C11H18N2O2S/c1-4-15-11(14)5-6-12-7-10-8(2)13-9(3)16-10/h12H,4-7H2,1-3H3. The van der Waals surface area contributed by atoms with E-state index in [-0.39, 0.29) is 5.97 Å². The number of hydrogen-bond donors (Lipinski definition) is 1. The normalized spacial score (nSPS) is 10.4. The monoisotopic (exact) mass is 242 g/mol. The summed E-state index contributed by atoms with van der Waals surface area (Å²) < 4.78 is 4.83. The first-order chi connectivity index (χ1) is 7.63. The van der Waals surface area contributed by atoms with Crippen LogP contribution < -0.4 is 5.32 Å². The van der Waals surface area contributed by atoms with Gasteiger partial charge in [-0.1, -0.05) is 0 Å². The van der Waals surface area contributed by atoms with E-state index in [1.807, 2.05) is 20.8 Å². The van der Waals surface area contributed by atoms with Crippen molar-refractivity contribution >= 4 is 17.3 Å². The first kappa shape index (κ1) is 13.1. The minimum absolute atomic E-state index is 0.146. The number of thiazole rings is 1. The van der Waals surface area contributed by atoms with Crippen LogP contribution in [0.5, 0.6) is 0 Å². The second kappa shape index (κ2) is 6.60. The van der Waals surface area contributed by atoms with E-state index in [1.165, 1.54) is 4.88 Å². The summed E-state index contributed by atoms with van der Waals surface area (Å²) in [7, 11) is 0. The minimum atomic E-state index is -0.146. The van der Waals surface area contributed by atoms with Gasteiger partial charge in [0, 0.05) is 18.0 Å². The Morgan fingerprint density at radius 3 is 2.81 bits per heavy atom. The van der Waals surface area contributed by atoms with E-state index < -0.39 is 0 Å². The third-order valence-corrected chi connectivity index (χ3v) is 3.17. The molecule has 0 fully saturated rings. The van der Waals surface area contributed by atoms with Crippen LogP contribution in [0.3, 0.4) is 0 Å². The van der Waals surface area contributed by atoms with Crippen molar-refractivity contribution in [1.82, 2.24) is 10.3 Å². The third kappa shape index (κ3) is 4.28. The fourth-order valence-corrected chi connectivity index (χ4v) is 2.27. The Bertz CT molecular complexity index is 350. The summed E-state index contributed by atoms with van der Waals surface area (Å²) >= 11 is 1.69. The number of hydrogen-bond acceptors (Lipinski definition) is 5. The second-order valence-corrected chi connectivity index (χ2v) is 4.76. The average molecular weight is 242 g/mol. The highest BCUT2D eigenvalue weighted by molar-refractivity contribution is 7.11. The molecule has 0 unspecified atom stereocenters. The molecule has 5 heteroatoms. The van der Waals surface area contributed by atoms with E-state index in [1.54, 1.807) is 11.3 Å². The number of carbonyl (C=O) groups is 1.